The van der Waals surface area contributed by atoms with Gasteiger partial charge in [0.15, 0.2) is 0 Å². The third kappa shape index (κ3) is 14.5. The van der Waals surface area contributed by atoms with Crippen LogP contribution in [0.2, 0.25) is 0 Å². The molecule has 1 unspecified atom stereocenters. The van der Waals surface area contributed by atoms with Gasteiger partial charge in [0.1, 0.15) is 6.04 Å². The summed E-state index contributed by atoms with van der Waals surface area (Å²) in [6.45, 7) is 6.60. The van der Waals surface area contributed by atoms with Gasteiger partial charge in [-0.1, -0.05) is 103 Å². The van der Waals surface area contributed by atoms with Crippen LogP contribution in [0.5, 0.6) is 0 Å². The van der Waals surface area contributed by atoms with Gasteiger partial charge in [-0.05, 0) is 31.6 Å². The fourth-order valence-electron chi connectivity index (χ4n) is 4.45. The fraction of sp³-hybridized carbons (Fsp3) is 0.852. The topological polar surface area (TPSA) is 64.6 Å². The van der Waals surface area contributed by atoms with Crippen LogP contribution in [-0.4, -0.2) is 31.3 Å². The molecule has 1 atom stereocenters. The summed E-state index contributed by atoms with van der Waals surface area (Å²) >= 11 is 0. The number of alkyl carbamates (subject to hydrolysis) is 1. The van der Waals surface area contributed by atoms with E-state index in [0.717, 1.165) is 38.5 Å². The number of amides is 1. The van der Waals surface area contributed by atoms with Crippen molar-refractivity contribution in [3.05, 3.63) is 12.7 Å². The molecule has 0 spiro atoms. The van der Waals surface area contributed by atoms with E-state index in [1.165, 1.54) is 70.6 Å². The first kappa shape index (κ1) is 28.5. The highest BCUT2D eigenvalue weighted by atomic mass is 16.6. The number of hydrogen-bond donors (Lipinski definition) is 1. The molecule has 0 heterocycles. The van der Waals surface area contributed by atoms with E-state index in [4.69, 9.17) is 9.47 Å². The minimum Gasteiger partial charge on any atom is -0.464 e. The second kappa shape index (κ2) is 20.1. The maximum absolute atomic E-state index is 12.7. The summed E-state index contributed by atoms with van der Waals surface area (Å²) in [5.74, 6) is -0.161. The zero-order valence-electron chi connectivity index (χ0n) is 20.7. The van der Waals surface area contributed by atoms with Crippen molar-refractivity contribution in [1.82, 2.24) is 5.32 Å². The summed E-state index contributed by atoms with van der Waals surface area (Å²) in [5.41, 5.74) is 0. The molecule has 186 valence electrons. The van der Waals surface area contributed by atoms with Gasteiger partial charge in [-0.3, -0.25) is 0 Å². The van der Waals surface area contributed by atoms with Crippen molar-refractivity contribution >= 4 is 12.1 Å². The second-order valence-electron chi connectivity index (χ2n) is 9.29. The van der Waals surface area contributed by atoms with Crippen LogP contribution < -0.4 is 5.32 Å². The third-order valence-electron chi connectivity index (χ3n) is 6.45. The Morgan fingerprint density at radius 3 is 1.97 bits per heavy atom. The van der Waals surface area contributed by atoms with E-state index in [9.17, 15) is 9.59 Å². The number of ether oxygens (including phenoxy) is 2. The summed E-state index contributed by atoms with van der Waals surface area (Å²) in [6, 6.07) is -0.594. The van der Waals surface area contributed by atoms with Gasteiger partial charge in [0, 0.05) is 0 Å². The molecule has 1 fully saturated rings. The molecule has 0 radical (unpaired) electrons. The Morgan fingerprint density at radius 2 is 1.41 bits per heavy atom. The molecule has 0 aromatic carbocycles. The first-order valence-corrected chi connectivity index (χ1v) is 13.4. The average molecular weight is 452 g/mol. The van der Waals surface area contributed by atoms with E-state index >= 15 is 0 Å². The Hall–Kier alpha value is -1.52. The van der Waals surface area contributed by atoms with Crippen LogP contribution in [0.25, 0.3) is 0 Å². The third-order valence-corrected chi connectivity index (χ3v) is 6.45. The van der Waals surface area contributed by atoms with Crippen molar-refractivity contribution in [1.29, 1.82) is 0 Å². The summed E-state index contributed by atoms with van der Waals surface area (Å²) < 4.78 is 10.7. The summed E-state index contributed by atoms with van der Waals surface area (Å²) in [7, 11) is 0. The summed E-state index contributed by atoms with van der Waals surface area (Å²) in [5, 5.41) is 2.77. The van der Waals surface area contributed by atoms with E-state index < -0.39 is 12.1 Å². The monoisotopic (exact) mass is 451 g/mol. The molecule has 0 aromatic rings. The van der Waals surface area contributed by atoms with Gasteiger partial charge < -0.3 is 14.8 Å². The number of hydrogen-bond acceptors (Lipinski definition) is 4. The molecular weight excluding hydrogens is 402 g/mol. The first-order valence-electron chi connectivity index (χ1n) is 13.4. The molecule has 0 aliphatic heterocycles. The smallest absolute Gasteiger partial charge is 0.407 e. The molecule has 1 N–H and O–H groups in total. The number of esters is 1. The highest BCUT2D eigenvalue weighted by Crippen LogP contribution is 2.27. The molecule has 1 aliphatic carbocycles. The highest BCUT2D eigenvalue weighted by molar-refractivity contribution is 5.81. The molecule has 0 saturated heterocycles. The van der Waals surface area contributed by atoms with Crippen molar-refractivity contribution in [3.8, 4) is 0 Å². The Kier molecular flexibility index (Phi) is 17.9. The van der Waals surface area contributed by atoms with Gasteiger partial charge in [0.25, 0.3) is 0 Å². The second-order valence-corrected chi connectivity index (χ2v) is 9.29. The van der Waals surface area contributed by atoms with Gasteiger partial charge in [0.05, 0.1) is 13.2 Å². The lowest BCUT2D eigenvalue weighted by Gasteiger charge is -2.29. The standard InChI is InChI=1S/C27H49NO4/c1-3-5-7-8-9-10-11-12-13-14-15-19-23-31-26(29)25(24-20-17-16-18-21-24)28-27(30)32-22-6-4-2/h4,24-25H,2-3,5-23H2,1H3,(H,28,30). The predicted octanol–water partition coefficient (Wildman–Crippen LogP) is 7.48. The van der Waals surface area contributed by atoms with E-state index in [0.29, 0.717) is 13.0 Å². The molecule has 0 bridgehead atoms. The fourth-order valence-corrected chi connectivity index (χ4v) is 4.45. The Morgan fingerprint density at radius 1 is 0.844 bits per heavy atom. The quantitative estimate of drug-likeness (QED) is 0.126. The number of unbranched alkanes of at least 4 members (excludes halogenated alkanes) is 11. The molecular formula is C27H49NO4. The van der Waals surface area contributed by atoms with Crippen LogP contribution in [-0.2, 0) is 14.3 Å². The largest absolute Gasteiger partial charge is 0.464 e. The van der Waals surface area contributed by atoms with Crippen LogP contribution in [0.3, 0.4) is 0 Å². The van der Waals surface area contributed by atoms with Crippen LogP contribution in [0, 0.1) is 5.92 Å². The Balaban J connectivity index is 2.16. The zero-order valence-corrected chi connectivity index (χ0v) is 20.7. The van der Waals surface area contributed by atoms with Gasteiger partial charge in [-0.2, -0.15) is 0 Å². The van der Waals surface area contributed by atoms with Gasteiger partial charge in [-0.15, -0.1) is 6.58 Å². The molecule has 1 saturated carbocycles. The highest BCUT2D eigenvalue weighted by Gasteiger charge is 2.32. The normalized spacial score (nSPS) is 15.2. The van der Waals surface area contributed by atoms with Crippen LogP contribution >= 0.6 is 0 Å². The lowest BCUT2D eigenvalue weighted by atomic mass is 9.84. The van der Waals surface area contributed by atoms with E-state index in [1.54, 1.807) is 6.08 Å². The molecule has 32 heavy (non-hydrogen) atoms. The van der Waals surface area contributed by atoms with E-state index in [1.807, 2.05) is 0 Å². The van der Waals surface area contributed by atoms with Crippen molar-refractivity contribution in [3.63, 3.8) is 0 Å². The van der Waals surface area contributed by atoms with Crippen molar-refractivity contribution < 1.29 is 19.1 Å². The van der Waals surface area contributed by atoms with E-state index in [-0.39, 0.29) is 18.5 Å². The molecule has 5 heteroatoms. The van der Waals surface area contributed by atoms with Crippen molar-refractivity contribution in [2.75, 3.05) is 13.2 Å². The molecule has 0 aromatic heterocycles. The summed E-state index contributed by atoms with van der Waals surface area (Å²) in [6.07, 6.45) is 22.4. The average Bonchev–Trinajstić information content (AvgIpc) is 2.81. The maximum Gasteiger partial charge on any atom is 0.407 e. The molecule has 1 rings (SSSR count). The number of nitrogens with one attached hydrogen (secondary N) is 1. The minimum absolute atomic E-state index is 0.144. The molecule has 1 aliphatic rings. The SMILES string of the molecule is C=CCCOC(=O)NC(C(=O)OCCCCCCCCCCCCCC)C1CCCCC1. The van der Waals surface area contributed by atoms with Gasteiger partial charge >= 0.3 is 12.1 Å². The van der Waals surface area contributed by atoms with Crippen LogP contribution in [0.4, 0.5) is 4.79 Å². The predicted molar refractivity (Wildman–Crippen MR) is 132 cm³/mol. The first-order chi connectivity index (χ1) is 15.7. The van der Waals surface area contributed by atoms with Crippen molar-refractivity contribution in [2.24, 2.45) is 5.92 Å². The number of carbonyl (C=O) groups is 2. The van der Waals surface area contributed by atoms with E-state index in [2.05, 4.69) is 18.8 Å². The number of rotatable bonds is 19. The lowest BCUT2D eigenvalue weighted by Crippen LogP contribution is -2.47. The van der Waals surface area contributed by atoms with Gasteiger partial charge in [0.2, 0.25) is 0 Å². The maximum atomic E-state index is 12.7. The Bertz CT molecular complexity index is 488. The molecule has 5 nitrogen and oxygen atoms in total. The minimum atomic E-state index is -0.594. The number of carbonyl (C=O) groups excluding carboxylic acids is 2. The Labute approximate surface area is 197 Å². The van der Waals surface area contributed by atoms with Gasteiger partial charge in [-0.25, -0.2) is 9.59 Å². The zero-order chi connectivity index (χ0) is 23.3. The summed E-state index contributed by atoms with van der Waals surface area (Å²) in [4.78, 5) is 24.8. The lowest BCUT2D eigenvalue weighted by molar-refractivity contribution is -0.148. The van der Waals surface area contributed by atoms with Crippen molar-refractivity contribution in [2.45, 2.75) is 129 Å². The van der Waals surface area contributed by atoms with Crippen LogP contribution in [0.15, 0.2) is 12.7 Å². The van der Waals surface area contributed by atoms with Crippen LogP contribution in [0.1, 0.15) is 122 Å². The molecule has 1 amide bonds.